The summed E-state index contributed by atoms with van der Waals surface area (Å²) in [6, 6.07) is -0.628. The molecule has 0 unspecified atom stereocenters. The third kappa shape index (κ3) is 3.59. The lowest BCUT2D eigenvalue weighted by Gasteiger charge is -2.39. The second-order valence-electron chi connectivity index (χ2n) is 5.10. The predicted octanol–water partition coefficient (Wildman–Crippen LogP) is 0.433. The van der Waals surface area contributed by atoms with E-state index in [4.69, 9.17) is 4.74 Å². The fourth-order valence-electron chi connectivity index (χ4n) is 1.66. The molecule has 6 heteroatoms. The van der Waals surface area contributed by atoms with E-state index in [0.717, 1.165) is 0 Å². The van der Waals surface area contributed by atoms with Crippen LogP contribution in [0.4, 0.5) is 4.79 Å². The highest BCUT2D eigenvalue weighted by Crippen LogP contribution is 2.29. The van der Waals surface area contributed by atoms with Gasteiger partial charge < -0.3 is 19.9 Å². The summed E-state index contributed by atoms with van der Waals surface area (Å²) in [6.07, 6.45) is -1.07. The van der Waals surface area contributed by atoms with Gasteiger partial charge >= 0.3 is 12.1 Å². The Morgan fingerprint density at radius 1 is 1.35 bits per heavy atom. The van der Waals surface area contributed by atoms with Crippen LogP contribution in [0.5, 0.6) is 0 Å². The number of methoxy groups -OCH3 is 1. The number of rotatable bonds is 2. The van der Waals surface area contributed by atoms with Crippen molar-refractivity contribution in [2.24, 2.45) is 5.92 Å². The molecule has 17 heavy (non-hydrogen) atoms. The van der Waals surface area contributed by atoms with Crippen molar-refractivity contribution in [2.75, 3.05) is 7.11 Å². The normalized spacial score (nSPS) is 27.9. The summed E-state index contributed by atoms with van der Waals surface area (Å²) in [5, 5.41) is 12.0. The first-order chi connectivity index (χ1) is 7.74. The Morgan fingerprint density at radius 2 is 1.94 bits per heavy atom. The molecule has 1 aliphatic carbocycles. The van der Waals surface area contributed by atoms with Gasteiger partial charge in [0.15, 0.2) is 0 Å². The van der Waals surface area contributed by atoms with Gasteiger partial charge in [-0.25, -0.2) is 4.79 Å². The van der Waals surface area contributed by atoms with Crippen LogP contribution in [0.25, 0.3) is 0 Å². The van der Waals surface area contributed by atoms with Crippen molar-refractivity contribution in [1.82, 2.24) is 5.32 Å². The molecule has 2 N–H and O–H groups in total. The van der Waals surface area contributed by atoms with Crippen molar-refractivity contribution >= 4 is 12.1 Å². The molecular weight excluding hydrogens is 226 g/mol. The Hall–Kier alpha value is -1.30. The highest BCUT2D eigenvalue weighted by Gasteiger charge is 2.46. The van der Waals surface area contributed by atoms with Crippen molar-refractivity contribution in [3.63, 3.8) is 0 Å². The summed E-state index contributed by atoms with van der Waals surface area (Å²) in [5.41, 5.74) is -0.612. The van der Waals surface area contributed by atoms with Crippen molar-refractivity contribution in [1.29, 1.82) is 0 Å². The van der Waals surface area contributed by atoms with Crippen LogP contribution in [0.15, 0.2) is 0 Å². The standard InChI is InChI=1S/C11H19NO5/c1-11(2,3)17-10(15)12-8-6(5-7(8)13)9(14)16-4/h6-8,13H,5H2,1-4H3,(H,12,15)/t6-,7+,8-/m0/s1. The molecule has 0 spiro atoms. The second-order valence-corrected chi connectivity index (χ2v) is 5.10. The van der Waals surface area contributed by atoms with Gasteiger partial charge in [0, 0.05) is 0 Å². The van der Waals surface area contributed by atoms with Crippen LogP contribution >= 0.6 is 0 Å². The Balaban J connectivity index is 2.50. The van der Waals surface area contributed by atoms with Crippen molar-refractivity contribution in [3.05, 3.63) is 0 Å². The minimum Gasteiger partial charge on any atom is -0.469 e. The number of alkyl carbamates (subject to hydrolysis) is 1. The van der Waals surface area contributed by atoms with Gasteiger partial charge in [-0.2, -0.15) is 0 Å². The number of amides is 1. The predicted molar refractivity (Wildman–Crippen MR) is 59.3 cm³/mol. The molecule has 0 heterocycles. The summed E-state index contributed by atoms with van der Waals surface area (Å²) < 4.78 is 9.61. The molecule has 0 aliphatic heterocycles. The summed E-state index contributed by atoms with van der Waals surface area (Å²) in [7, 11) is 1.28. The smallest absolute Gasteiger partial charge is 0.407 e. The first-order valence-electron chi connectivity index (χ1n) is 5.50. The number of aliphatic hydroxyl groups is 1. The van der Waals surface area contributed by atoms with Crippen LogP contribution in [0, 0.1) is 5.92 Å². The molecule has 0 saturated heterocycles. The number of aliphatic hydroxyl groups excluding tert-OH is 1. The van der Waals surface area contributed by atoms with Gasteiger partial charge in [-0.1, -0.05) is 0 Å². The number of esters is 1. The zero-order valence-electron chi connectivity index (χ0n) is 10.5. The van der Waals surface area contributed by atoms with Gasteiger partial charge in [0.25, 0.3) is 0 Å². The largest absolute Gasteiger partial charge is 0.469 e. The van der Waals surface area contributed by atoms with E-state index in [1.54, 1.807) is 20.8 Å². The Kier molecular flexibility index (Phi) is 3.98. The molecule has 1 saturated carbocycles. The Morgan fingerprint density at radius 3 is 2.35 bits per heavy atom. The fourth-order valence-corrected chi connectivity index (χ4v) is 1.66. The number of hydrogen-bond donors (Lipinski definition) is 2. The molecule has 3 atom stereocenters. The molecule has 0 aromatic heterocycles. The van der Waals surface area contributed by atoms with E-state index < -0.39 is 35.7 Å². The number of carbonyl (C=O) groups is 2. The van der Waals surface area contributed by atoms with Crippen LogP contribution in [0.1, 0.15) is 27.2 Å². The average Bonchev–Trinajstić information content (AvgIpc) is 2.19. The van der Waals surface area contributed by atoms with E-state index in [2.05, 4.69) is 10.1 Å². The van der Waals surface area contributed by atoms with Crippen LogP contribution < -0.4 is 5.32 Å². The van der Waals surface area contributed by atoms with Gasteiger partial charge in [0.05, 0.1) is 25.2 Å². The van der Waals surface area contributed by atoms with E-state index in [0.29, 0.717) is 6.42 Å². The van der Waals surface area contributed by atoms with Crippen molar-refractivity contribution in [3.8, 4) is 0 Å². The van der Waals surface area contributed by atoms with Crippen LogP contribution in [0.2, 0.25) is 0 Å². The molecule has 0 aromatic rings. The highest BCUT2D eigenvalue weighted by molar-refractivity contribution is 5.77. The molecule has 1 rings (SSSR count). The van der Waals surface area contributed by atoms with E-state index in [9.17, 15) is 14.7 Å². The van der Waals surface area contributed by atoms with Gasteiger partial charge in [-0.05, 0) is 27.2 Å². The lowest BCUT2D eigenvalue weighted by Crippen LogP contribution is -2.60. The summed E-state index contributed by atoms with van der Waals surface area (Å²) in [5.74, 6) is -0.932. The van der Waals surface area contributed by atoms with Crippen molar-refractivity contribution in [2.45, 2.75) is 44.9 Å². The summed E-state index contributed by atoms with van der Waals surface area (Å²) >= 11 is 0. The maximum Gasteiger partial charge on any atom is 0.407 e. The monoisotopic (exact) mass is 245 g/mol. The van der Waals surface area contributed by atoms with E-state index >= 15 is 0 Å². The first kappa shape index (κ1) is 13.8. The molecule has 0 aromatic carbocycles. The Bertz CT molecular complexity index is 309. The summed E-state index contributed by atoms with van der Waals surface area (Å²) in [6.45, 7) is 5.21. The molecule has 6 nitrogen and oxygen atoms in total. The van der Waals surface area contributed by atoms with Gasteiger partial charge in [0.2, 0.25) is 0 Å². The van der Waals surface area contributed by atoms with Crippen LogP contribution in [-0.2, 0) is 14.3 Å². The van der Waals surface area contributed by atoms with E-state index in [1.165, 1.54) is 7.11 Å². The lowest BCUT2D eigenvalue weighted by atomic mass is 9.77. The molecule has 1 fully saturated rings. The van der Waals surface area contributed by atoms with Crippen LogP contribution in [-0.4, -0.2) is 42.0 Å². The van der Waals surface area contributed by atoms with Crippen LogP contribution in [0.3, 0.4) is 0 Å². The fraction of sp³-hybridized carbons (Fsp3) is 0.818. The third-order valence-electron chi connectivity index (χ3n) is 2.53. The maximum atomic E-state index is 11.5. The van der Waals surface area contributed by atoms with Gasteiger partial charge in [-0.15, -0.1) is 0 Å². The second kappa shape index (κ2) is 4.91. The summed E-state index contributed by atoms with van der Waals surface area (Å²) in [4.78, 5) is 22.8. The quantitative estimate of drug-likeness (QED) is 0.689. The molecule has 98 valence electrons. The number of carbonyl (C=O) groups excluding carboxylic acids is 2. The molecule has 0 bridgehead atoms. The minimum atomic E-state index is -0.730. The number of ether oxygens (including phenoxy) is 2. The van der Waals surface area contributed by atoms with E-state index in [1.807, 2.05) is 0 Å². The van der Waals surface area contributed by atoms with Gasteiger partial charge in [0.1, 0.15) is 5.60 Å². The minimum absolute atomic E-state index is 0.299. The highest BCUT2D eigenvalue weighted by atomic mass is 16.6. The zero-order valence-corrected chi connectivity index (χ0v) is 10.5. The third-order valence-corrected chi connectivity index (χ3v) is 2.53. The average molecular weight is 245 g/mol. The molecule has 0 radical (unpaired) electrons. The first-order valence-corrected chi connectivity index (χ1v) is 5.50. The maximum absolute atomic E-state index is 11.5. The molecule has 1 amide bonds. The van der Waals surface area contributed by atoms with E-state index in [-0.39, 0.29) is 0 Å². The number of hydrogen-bond acceptors (Lipinski definition) is 5. The zero-order chi connectivity index (χ0) is 13.2. The SMILES string of the molecule is COC(=O)[C@H]1C[C@@H](O)[C@H]1NC(=O)OC(C)(C)C. The van der Waals surface area contributed by atoms with Gasteiger partial charge in [-0.3, -0.25) is 4.79 Å². The Labute approximate surface area is 100 Å². The topological polar surface area (TPSA) is 84.9 Å². The number of nitrogens with one attached hydrogen (secondary N) is 1. The molecular formula is C11H19NO5. The van der Waals surface area contributed by atoms with Crippen molar-refractivity contribution < 1.29 is 24.2 Å². The molecule has 1 aliphatic rings. The lowest BCUT2D eigenvalue weighted by molar-refractivity contribution is -0.155.